The SMILES string of the molecule is O=C(Nc1ccc(Br)cc1)N1CCC[C@H](CN2CCc3ccccc3C2)C1. The van der Waals surface area contributed by atoms with Gasteiger partial charge in [0, 0.05) is 42.9 Å². The van der Waals surface area contributed by atoms with Crippen molar-refractivity contribution in [3.63, 3.8) is 0 Å². The van der Waals surface area contributed by atoms with E-state index in [-0.39, 0.29) is 6.03 Å². The van der Waals surface area contributed by atoms with Gasteiger partial charge in [-0.3, -0.25) is 4.90 Å². The number of benzene rings is 2. The highest BCUT2D eigenvalue weighted by Crippen LogP contribution is 2.23. The number of amides is 2. The minimum absolute atomic E-state index is 0.0195. The largest absolute Gasteiger partial charge is 0.324 e. The number of hydrogen-bond acceptors (Lipinski definition) is 2. The first-order valence-electron chi connectivity index (χ1n) is 9.78. The Morgan fingerprint density at radius 3 is 2.67 bits per heavy atom. The lowest BCUT2D eigenvalue weighted by atomic mass is 9.95. The van der Waals surface area contributed by atoms with Crippen molar-refractivity contribution < 1.29 is 4.79 Å². The van der Waals surface area contributed by atoms with E-state index in [9.17, 15) is 4.79 Å². The summed E-state index contributed by atoms with van der Waals surface area (Å²) in [7, 11) is 0. The van der Waals surface area contributed by atoms with Crippen LogP contribution in [0.5, 0.6) is 0 Å². The standard InChI is InChI=1S/C22H26BrN3O/c23-20-7-9-21(10-8-20)24-22(27)26-12-3-4-17(15-26)14-25-13-11-18-5-1-2-6-19(18)16-25/h1-2,5-10,17H,3-4,11-16H2,(H,24,27)/t17-/m1/s1. The van der Waals surface area contributed by atoms with Crippen molar-refractivity contribution >= 4 is 27.6 Å². The van der Waals surface area contributed by atoms with Crippen LogP contribution in [-0.4, -0.2) is 42.0 Å². The van der Waals surface area contributed by atoms with Gasteiger partial charge in [0.05, 0.1) is 0 Å². The summed E-state index contributed by atoms with van der Waals surface area (Å²) in [6.45, 7) is 4.94. The zero-order valence-electron chi connectivity index (χ0n) is 15.5. The molecule has 2 aliphatic rings. The van der Waals surface area contributed by atoms with Crippen molar-refractivity contribution in [1.29, 1.82) is 0 Å². The van der Waals surface area contributed by atoms with Crippen LogP contribution >= 0.6 is 15.9 Å². The number of halogens is 1. The number of carbonyl (C=O) groups is 1. The Hall–Kier alpha value is -1.85. The Labute approximate surface area is 169 Å². The van der Waals surface area contributed by atoms with E-state index in [1.54, 1.807) is 0 Å². The zero-order chi connectivity index (χ0) is 18.6. The van der Waals surface area contributed by atoms with Crippen LogP contribution in [0.1, 0.15) is 24.0 Å². The smallest absolute Gasteiger partial charge is 0.321 e. The van der Waals surface area contributed by atoms with E-state index in [0.717, 1.165) is 55.7 Å². The molecule has 0 unspecified atom stereocenters. The number of urea groups is 1. The molecule has 1 N–H and O–H groups in total. The molecular weight excluding hydrogens is 402 g/mol. The second-order valence-corrected chi connectivity index (χ2v) is 8.56. The fourth-order valence-corrected chi connectivity index (χ4v) is 4.47. The van der Waals surface area contributed by atoms with E-state index < -0.39 is 0 Å². The first-order chi connectivity index (χ1) is 13.2. The molecule has 0 spiro atoms. The van der Waals surface area contributed by atoms with Crippen molar-refractivity contribution in [1.82, 2.24) is 9.80 Å². The van der Waals surface area contributed by atoms with E-state index in [2.05, 4.69) is 50.4 Å². The van der Waals surface area contributed by atoms with E-state index in [1.807, 2.05) is 29.2 Å². The predicted octanol–water partition coefficient (Wildman–Crippen LogP) is 4.75. The summed E-state index contributed by atoms with van der Waals surface area (Å²) in [6.07, 6.45) is 3.43. The summed E-state index contributed by atoms with van der Waals surface area (Å²) in [5, 5.41) is 3.03. The molecular formula is C22H26BrN3O. The van der Waals surface area contributed by atoms with Crippen molar-refractivity contribution in [2.75, 3.05) is 31.5 Å². The van der Waals surface area contributed by atoms with E-state index in [4.69, 9.17) is 0 Å². The molecule has 2 aromatic carbocycles. The van der Waals surface area contributed by atoms with Crippen molar-refractivity contribution in [3.05, 3.63) is 64.1 Å². The summed E-state index contributed by atoms with van der Waals surface area (Å²) in [4.78, 5) is 17.2. The van der Waals surface area contributed by atoms with Crippen LogP contribution in [-0.2, 0) is 13.0 Å². The van der Waals surface area contributed by atoms with Gasteiger partial charge in [-0.05, 0) is 60.6 Å². The summed E-state index contributed by atoms with van der Waals surface area (Å²) in [5.74, 6) is 0.555. The maximum atomic E-state index is 12.6. The van der Waals surface area contributed by atoms with Crippen LogP contribution in [0, 0.1) is 5.92 Å². The summed E-state index contributed by atoms with van der Waals surface area (Å²) in [6, 6.07) is 16.5. The molecule has 27 heavy (non-hydrogen) atoms. The predicted molar refractivity (Wildman–Crippen MR) is 113 cm³/mol. The highest BCUT2D eigenvalue weighted by molar-refractivity contribution is 9.10. The summed E-state index contributed by atoms with van der Waals surface area (Å²) >= 11 is 3.43. The van der Waals surface area contributed by atoms with Gasteiger partial charge in [-0.25, -0.2) is 4.79 Å². The monoisotopic (exact) mass is 427 g/mol. The molecule has 2 amide bonds. The Morgan fingerprint density at radius 2 is 1.85 bits per heavy atom. The first kappa shape index (κ1) is 18.5. The molecule has 4 nitrogen and oxygen atoms in total. The van der Waals surface area contributed by atoms with Crippen molar-refractivity contribution in [3.8, 4) is 0 Å². The minimum Gasteiger partial charge on any atom is -0.324 e. The number of rotatable bonds is 3. The summed E-state index contributed by atoms with van der Waals surface area (Å²) < 4.78 is 1.02. The third-order valence-electron chi connectivity index (χ3n) is 5.63. The molecule has 0 aliphatic carbocycles. The second-order valence-electron chi connectivity index (χ2n) is 7.65. The lowest BCUT2D eigenvalue weighted by Crippen LogP contribution is -2.46. The van der Waals surface area contributed by atoms with Crippen molar-refractivity contribution in [2.24, 2.45) is 5.92 Å². The lowest BCUT2D eigenvalue weighted by molar-refractivity contribution is 0.140. The molecule has 142 valence electrons. The molecule has 0 saturated carbocycles. The Morgan fingerprint density at radius 1 is 1.07 bits per heavy atom. The van der Waals surface area contributed by atoms with Gasteiger partial charge in [0.25, 0.3) is 0 Å². The minimum atomic E-state index is 0.0195. The summed E-state index contributed by atoms with van der Waals surface area (Å²) in [5.41, 5.74) is 3.80. The van der Waals surface area contributed by atoms with E-state index >= 15 is 0 Å². The number of carbonyl (C=O) groups excluding carboxylic acids is 1. The molecule has 2 aliphatic heterocycles. The number of hydrogen-bond donors (Lipinski definition) is 1. The Bertz CT molecular complexity index is 792. The van der Waals surface area contributed by atoms with Crippen LogP contribution in [0.3, 0.4) is 0 Å². The lowest BCUT2D eigenvalue weighted by Gasteiger charge is -2.37. The van der Waals surface area contributed by atoms with Gasteiger partial charge in [0.1, 0.15) is 0 Å². The molecule has 1 saturated heterocycles. The number of likely N-dealkylation sites (tertiary alicyclic amines) is 1. The molecule has 4 rings (SSSR count). The molecule has 1 fully saturated rings. The first-order valence-corrected chi connectivity index (χ1v) is 10.6. The number of piperidine rings is 1. The van der Waals surface area contributed by atoms with Crippen LogP contribution in [0.25, 0.3) is 0 Å². The van der Waals surface area contributed by atoms with Gasteiger partial charge in [-0.1, -0.05) is 40.2 Å². The van der Waals surface area contributed by atoms with Gasteiger partial charge >= 0.3 is 6.03 Å². The van der Waals surface area contributed by atoms with Crippen LogP contribution in [0.2, 0.25) is 0 Å². The fourth-order valence-electron chi connectivity index (χ4n) is 4.21. The van der Waals surface area contributed by atoms with E-state index in [0.29, 0.717) is 5.92 Å². The zero-order valence-corrected chi connectivity index (χ0v) is 17.1. The van der Waals surface area contributed by atoms with Crippen LogP contribution in [0.4, 0.5) is 10.5 Å². The third kappa shape index (κ3) is 4.71. The molecule has 0 radical (unpaired) electrons. The maximum absolute atomic E-state index is 12.6. The van der Waals surface area contributed by atoms with Crippen LogP contribution in [0.15, 0.2) is 53.0 Å². The van der Waals surface area contributed by atoms with Crippen LogP contribution < -0.4 is 5.32 Å². The fraction of sp³-hybridized carbons (Fsp3) is 0.409. The quantitative estimate of drug-likeness (QED) is 0.766. The van der Waals surface area contributed by atoms with Gasteiger partial charge in [0.2, 0.25) is 0 Å². The Balaban J connectivity index is 1.31. The molecule has 2 heterocycles. The molecule has 1 atom stereocenters. The molecule has 2 aromatic rings. The van der Waals surface area contributed by atoms with Gasteiger partial charge in [0.15, 0.2) is 0 Å². The van der Waals surface area contributed by atoms with Crippen molar-refractivity contribution in [2.45, 2.75) is 25.8 Å². The number of anilines is 1. The van der Waals surface area contributed by atoms with Gasteiger partial charge < -0.3 is 10.2 Å². The molecule has 5 heteroatoms. The van der Waals surface area contributed by atoms with Gasteiger partial charge in [-0.15, -0.1) is 0 Å². The number of fused-ring (bicyclic) bond motifs is 1. The normalized spacial score (nSPS) is 20.2. The number of nitrogens with one attached hydrogen (secondary N) is 1. The number of nitrogens with zero attached hydrogens (tertiary/aromatic N) is 2. The second kappa shape index (κ2) is 8.44. The molecule has 0 aromatic heterocycles. The average molecular weight is 428 g/mol. The topological polar surface area (TPSA) is 35.6 Å². The highest BCUT2D eigenvalue weighted by Gasteiger charge is 2.26. The van der Waals surface area contributed by atoms with Gasteiger partial charge in [-0.2, -0.15) is 0 Å². The third-order valence-corrected chi connectivity index (χ3v) is 6.16. The average Bonchev–Trinajstić information content (AvgIpc) is 2.70. The highest BCUT2D eigenvalue weighted by atomic mass is 79.9. The molecule has 0 bridgehead atoms. The Kier molecular flexibility index (Phi) is 5.79. The van der Waals surface area contributed by atoms with E-state index in [1.165, 1.54) is 17.5 Å². The maximum Gasteiger partial charge on any atom is 0.321 e.